The van der Waals surface area contributed by atoms with Crippen molar-refractivity contribution in [2.45, 2.75) is 26.7 Å². The van der Waals surface area contributed by atoms with Crippen molar-refractivity contribution >= 4 is 17.1 Å². The topological polar surface area (TPSA) is 29.3 Å². The first-order valence-corrected chi connectivity index (χ1v) is 6.89. The van der Waals surface area contributed by atoms with E-state index >= 15 is 0 Å². The van der Waals surface area contributed by atoms with Crippen molar-refractivity contribution in [3.63, 3.8) is 0 Å². The summed E-state index contributed by atoms with van der Waals surface area (Å²) < 4.78 is 0. The summed E-state index contributed by atoms with van der Waals surface area (Å²) in [6.45, 7) is 5.33. The molecular weight excluding hydrogens is 232 g/mol. The van der Waals surface area contributed by atoms with Gasteiger partial charge in [-0.2, -0.15) is 0 Å². The van der Waals surface area contributed by atoms with Gasteiger partial charge in [0.25, 0.3) is 0 Å². The molecule has 19 heavy (non-hydrogen) atoms. The Balaban J connectivity index is 2.11. The summed E-state index contributed by atoms with van der Waals surface area (Å²) in [4.78, 5) is 2.41. The Hall–Kier alpha value is -1.96. The highest BCUT2D eigenvalue weighted by molar-refractivity contribution is 5.74. The molecule has 2 N–H and O–H groups in total. The van der Waals surface area contributed by atoms with Crippen LogP contribution in [-0.2, 0) is 6.42 Å². The van der Waals surface area contributed by atoms with Crippen LogP contribution in [0.1, 0.15) is 23.1 Å². The zero-order valence-corrected chi connectivity index (χ0v) is 11.6. The van der Waals surface area contributed by atoms with Crippen molar-refractivity contribution in [2.24, 2.45) is 0 Å². The molecule has 98 valence electrons. The summed E-state index contributed by atoms with van der Waals surface area (Å²) in [5.74, 6) is 0. The van der Waals surface area contributed by atoms with E-state index in [0.29, 0.717) is 0 Å². The molecule has 3 rings (SSSR count). The predicted octanol–water partition coefficient (Wildman–Crippen LogP) is 3.97. The van der Waals surface area contributed by atoms with Gasteiger partial charge in [0.15, 0.2) is 0 Å². The van der Waals surface area contributed by atoms with Gasteiger partial charge in [0, 0.05) is 23.6 Å². The minimum absolute atomic E-state index is 0.872. The van der Waals surface area contributed by atoms with Crippen molar-refractivity contribution in [1.29, 1.82) is 0 Å². The normalized spacial score (nSPS) is 14.3. The quantitative estimate of drug-likeness (QED) is 0.778. The van der Waals surface area contributed by atoms with E-state index in [0.717, 1.165) is 12.2 Å². The predicted molar refractivity (Wildman–Crippen MR) is 82.1 cm³/mol. The van der Waals surface area contributed by atoms with Crippen molar-refractivity contribution in [3.8, 4) is 0 Å². The molecule has 2 aromatic carbocycles. The van der Waals surface area contributed by atoms with Crippen LogP contribution in [0.15, 0.2) is 36.4 Å². The molecule has 1 aliphatic rings. The highest BCUT2D eigenvalue weighted by Gasteiger charge is 2.19. The number of nitrogens with two attached hydrogens (primary N) is 1. The van der Waals surface area contributed by atoms with Crippen LogP contribution in [-0.4, -0.2) is 6.54 Å². The van der Waals surface area contributed by atoms with E-state index in [1.807, 2.05) is 12.1 Å². The van der Waals surface area contributed by atoms with E-state index in [2.05, 4.69) is 43.0 Å². The number of benzene rings is 2. The summed E-state index contributed by atoms with van der Waals surface area (Å²) in [6, 6.07) is 12.9. The fourth-order valence-electron chi connectivity index (χ4n) is 2.91. The average Bonchev–Trinajstić information content (AvgIpc) is 2.41. The fourth-order valence-corrected chi connectivity index (χ4v) is 2.91. The molecule has 0 amide bonds. The smallest absolute Gasteiger partial charge is 0.0461 e. The summed E-state index contributed by atoms with van der Waals surface area (Å²) >= 11 is 0. The van der Waals surface area contributed by atoms with Gasteiger partial charge in [0.05, 0.1) is 0 Å². The van der Waals surface area contributed by atoms with Gasteiger partial charge in [-0.15, -0.1) is 0 Å². The van der Waals surface area contributed by atoms with Crippen molar-refractivity contribution in [3.05, 3.63) is 53.1 Å². The molecule has 0 aliphatic carbocycles. The Morgan fingerprint density at radius 1 is 1.05 bits per heavy atom. The van der Waals surface area contributed by atoms with Crippen LogP contribution >= 0.6 is 0 Å². The van der Waals surface area contributed by atoms with Crippen LogP contribution in [0.2, 0.25) is 0 Å². The zero-order valence-electron chi connectivity index (χ0n) is 11.6. The number of nitrogens with zero attached hydrogens (tertiary/aromatic N) is 1. The second-order valence-electron chi connectivity index (χ2n) is 5.38. The van der Waals surface area contributed by atoms with E-state index in [-0.39, 0.29) is 0 Å². The highest BCUT2D eigenvalue weighted by Crippen LogP contribution is 2.36. The molecule has 2 nitrogen and oxygen atoms in total. The van der Waals surface area contributed by atoms with Gasteiger partial charge < -0.3 is 10.6 Å². The molecule has 0 aromatic heterocycles. The molecule has 0 unspecified atom stereocenters. The van der Waals surface area contributed by atoms with Crippen LogP contribution in [0, 0.1) is 13.8 Å². The molecular formula is C17H20N2. The summed E-state index contributed by atoms with van der Waals surface area (Å²) in [5, 5.41) is 0. The maximum Gasteiger partial charge on any atom is 0.0461 e. The highest BCUT2D eigenvalue weighted by atomic mass is 15.1. The molecule has 2 heteroatoms. The lowest BCUT2D eigenvalue weighted by Gasteiger charge is -2.33. The van der Waals surface area contributed by atoms with Gasteiger partial charge in [-0.05, 0) is 56.0 Å². The number of nitrogen functional groups attached to an aromatic ring is 1. The Kier molecular flexibility index (Phi) is 2.94. The molecule has 2 aromatic rings. The third-order valence-electron chi connectivity index (χ3n) is 3.99. The largest absolute Gasteiger partial charge is 0.398 e. The van der Waals surface area contributed by atoms with Gasteiger partial charge in [0.2, 0.25) is 0 Å². The molecule has 0 saturated carbocycles. The monoisotopic (exact) mass is 252 g/mol. The van der Waals surface area contributed by atoms with E-state index in [9.17, 15) is 0 Å². The zero-order chi connectivity index (χ0) is 13.4. The lowest BCUT2D eigenvalue weighted by molar-refractivity contribution is 0.764. The third-order valence-corrected chi connectivity index (χ3v) is 3.99. The molecule has 0 atom stereocenters. The molecule has 0 fully saturated rings. The van der Waals surface area contributed by atoms with Crippen LogP contribution in [0.3, 0.4) is 0 Å². The maximum atomic E-state index is 6.04. The van der Waals surface area contributed by atoms with Crippen molar-refractivity contribution in [2.75, 3.05) is 17.2 Å². The van der Waals surface area contributed by atoms with E-state index in [1.54, 1.807) is 0 Å². The third kappa shape index (κ3) is 2.07. The first-order chi connectivity index (χ1) is 9.16. The number of hydrogen-bond acceptors (Lipinski definition) is 2. The Morgan fingerprint density at radius 2 is 1.89 bits per heavy atom. The minimum atomic E-state index is 0.872. The number of anilines is 3. The van der Waals surface area contributed by atoms with Crippen LogP contribution in [0.5, 0.6) is 0 Å². The standard InChI is InChI=1S/C17H20N2/c1-12-8-9-17-14(11-12)5-4-10-19(17)16-7-3-6-15(18)13(16)2/h3,6-9,11H,4-5,10,18H2,1-2H3. The van der Waals surface area contributed by atoms with Gasteiger partial charge in [-0.3, -0.25) is 0 Å². The van der Waals surface area contributed by atoms with Gasteiger partial charge in [-0.25, -0.2) is 0 Å². The van der Waals surface area contributed by atoms with Crippen molar-refractivity contribution < 1.29 is 0 Å². The molecule has 1 aliphatic heterocycles. The van der Waals surface area contributed by atoms with Crippen LogP contribution in [0.4, 0.5) is 17.1 Å². The lowest BCUT2D eigenvalue weighted by Crippen LogP contribution is -2.25. The Morgan fingerprint density at radius 3 is 2.74 bits per heavy atom. The van der Waals surface area contributed by atoms with E-state index in [4.69, 9.17) is 5.73 Å². The average molecular weight is 252 g/mol. The second kappa shape index (κ2) is 4.61. The Labute approximate surface area is 114 Å². The van der Waals surface area contributed by atoms with E-state index < -0.39 is 0 Å². The summed E-state index contributed by atoms with van der Waals surface area (Å²) in [6.07, 6.45) is 2.37. The number of hydrogen-bond donors (Lipinski definition) is 1. The molecule has 1 heterocycles. The van der Waals surface area contributed by atoms with Gasteiger partial charge >= 0.3 is 0 Å². The van der Waals surface area contributed by atoms with Crippen LogP contribution in [0.25, 0.3) is 0 Å². The number of fused-ring (bicyclic) bond motifs is 1. The molecule has 0 spiro atoms. The van der Waals surface area contributed by atoms with Crippen molar-refractivity contribution in [1.82, 2.24) is 0 Å². The second-order valence-corrected chi connectivity index (χ2v) is 5.38. The summed E-state index contributed by atoms with van der Waals surface area (Å²) in [5.41, 5.74) is 13.5. The molecule has 0 saturated heterocycles. The first kappa shape index (κ1) is 12.1. The molecule has 0 radical (unpaired) electrons. The Bertz CT molecular complexity index is 617. The maximum absolute atomic E-state index is 6.04. The number of rotatable bonds is 1. The van der Waals surface area contributed by atoms with Gasteiger partial charge in [-0.1, -0.05) is 23.8 Å². The lowest BCUT2D eigenvalue weighted by atomic mass is 9.98. The van der Waals surface area contributed by atoms with Crippen LogP contribution < -0.4 is 10.6 Å². The number of aryl methyl sites for hydroxylation is 2. The first-order valence-electron chi connectivity index (χ1n) is 6.89. The van der Waals surface area contributed by atoms with E-state index in [1.165, 1.54) is 40.9 Å². The minimum Gasteiger partial charge on any atom is -0.398 e. The fraction of sp³-hybridized carbons (Fsp3) is 0.294. The SMILES string of the molecule is Cc1ccc2c(c1)CCCN2c1cccc(N)c1C. The van der Waals surface area contributed by atoms with Gasteiger partial charge in [0.1, 0.15) is 0 Å². The summed E-state index contributed by atoms with van der Waals surface area (Å²) in [7, 11) is 0. The molecule has 0 bridgehead atoms.